The molecule has 2 aromatic rings. The summed E-state index contributed by atoms with van der Waals surface area (Å²) in [7, 11) is 2.62. The fourth-order valence-corrected chi connectivity index (χ4v) is 5.88. The van der Waals surface area contributed by atoms with Crippen LogP contribution in [0.25, 0.3) is 5.57 Å². The molecule has 0 aromatic heterocycles. The fourth-order valence-electron chi connectivity index (χ4n) is 5.88. The number of ketones is 1. The highest BCUT2D eigenvalue weighted by Crippen LogP contribution is 2.57. The highest BCUT2D eigenvalue weighted by atomic mass is 16.5. The molecule has 6 nitrogen and oxygen atoms in total. The monoisotopic (exact) mass is 445 g/mol. The first-order chi connectivity index (χ1) is 16.1. The Kier molecular flexibility index (Phi) is 5.41. The molecule has 0 N–H and O–H groups in total. The summed E-state index contributed by atoms with van der Waals surface area (Å²) < 4.78 is 10.5. The summed E-state index contributed by atoms with van der Waals surface area (Å²) in [5.41, 5.74) is 1.14. The first-order valence-electron chi connectivity index (χ1n) is 11.5. The molecule has 0 radical (unpaired) electrons. The number of rotatable bonds is 4. The smallest absolute Gasteiger partial charge is 0.336 e. The Labute approximate surface area is 193 Å². The molecular weight excluding hydrogens is 418 g/mol. The molecule has 2 aliphatic carbocycles. The van der Waals surface area contributed by atoms with Crippen molar-refractivity contribution in [1.29, 1.82) is 0 Å². The van der Waals surface area contributed by atoms with E-state index in [2.05, 4.69) is 0 Å². The lowest BCUT2D eigenvalue weighted by molar-refractivity contribution is -0.147. The van der Waals surface area contributed by atoms with E-state index in [1.807, 2.05) is 53.4 Å². The number of fused-ring (bicyclic) bond motifs is 2. The van der Waals surface area contributed by atoms with E-state index in [1.165, 1.54) is 14.2 Å². The highest BCUT2D eigenvalue weighted by Gasteiger charge is 2.78. The number of carbonyl (C=O) groups excluding carboxylic acids is 3. The predicted octanol–water partition coefficient (Wildman–Crippen LogP) is 3.79. The zero-order chi connectivity index (χ0) is 23.2. The van der Waals surface area contributed by atoms with Crippen molar-refractivity contribution in [3.8, 4) is 0 Å². The molecule has 1 aliphatic heterocycles. The van der Waals surface area contributed by atoms with Gasteiger partial charge in [0.15, 0.2) is 11.3 Å². The van der Waals surface area contributed by atoms with Crippen molar-refractivity contribution in [2.75, 3.05) is 14.2 Å². The fraction of sp³-hybridized carbons (Fsp3) is 0.370. The van der Waals surface area contributed by atoms with Crippen LogP contribution in [-0.2, 0) is 19.1 Å². The van der Waals surface area contributed by atoms with E-state index in [0.29, 0.717) is 16.7 Å². The SMILES string of the molecule is COC(=O)C1=C(c2ccccc2)c2ccccc2C(=O)C2N(C3CCCCC3)C12C(=O)OC. The molecule has 3 aliphatic rings. The molecule has 6 heteroatoms. The molecular formula is C27H27NO5. The van der Waals surface area contributed by atoms with Crippen LogP contribution < -0.4 is 0 Å². The average molecular weight is 446 g/mol. The Morgan fingerprint density at radius 3 is 2.15 bits per heavy atom. The van der Waals surface area contributed by atoms with Gasteiger partial charge in [0, 0.05) is 17.2 Å². The molecule has 1 heterocycles. The lowest BCUT2D eigenvalue weighted by Gasteiger charge is -2.28. The van der Waals surface area contributed by atoms with Crippen LogP contribution in [0, 0.1) is 0 Å². The van der Waals surface area contributed by atoms with Crippen LogP contribution in [0.2, 0.25) is 0 Å². The summed E-state index contributed by atoms with van der Waals surface area (Å²) in [4.78, 5) is 43.0. The Morgan fingerprint density at radius 1 is 0.879 bits per heavy atom. The number of ether oxygens (including phenoxy) is 2. The van der Waals surface area contributed by atoms with Gasteiger partial charge < -0.3 is 9.47 Å². The van der Waals surface area contributed by atoms with Gasteiger partial charge in [-0.25, -0.2) is 9.59 Å². The third-order valence-corrected chi connectivity index (χ3v) is 7.27. The van der Waals surface area contributed by atoms with Gasteiger partial charge in [-0.2, -0.15) is 0 Å². The summed E-state index contributed by atoms with van der Waals surface area (Å²) in [5, 5.41) is 0. The van der Waals surface area contributed by atoms with Crippen molar-refractivity contribution in [3.05, 3.63) is 76.9 Å². The summed E-state index contributed by atoms with van der Waals surface area (Å²) in [6.07, 6.45) is 4.93. The Hall–Kier alpha value is -3.25. The van der Waals surface area contributed by atoms with Gasteiger partial charge in [0.25, 0.3) is 0 Å². The minimum atomic E-state index is -1.49. The lowest BCUT2D eigenvalue weighted by atomic mass is 9.85. The maximum atomic E-state index is 14.0. The summed E-state index contributed by atoms with van der Waals surface area (Å²) in [6.45, 7) is 0. The van der Waals surface area contributed by atoms with E-state index < -0.39 is 23.5 Å². The minimum absolute atomic E-state index is 0.0220. The first-order valence-corrected chi connectivity index (χ1v) is 11.5. The third-order valence-electron chi connectivity index (χ3n) is 7.27. The molecule has 0 spiro atoms. The van der Waals surface area contributed by atoms with Crippen LogP contribution in [0.15, 0.2) is 60.2 Å². The van der Waals surface area contributed by atoms with Gasteiger partial charge in [0.2, 0.25) is 0 Å². The molecule has 170 valence electrons. The zero-order valence-corrected chi connectivity index (χ0v) is 18.9. The summed E-state index contributed by atoms with van der Waals surface area (Å²) >= 11 is 0. The van der Waals surface area contributed by atoms with Crippen LogP contribution >= 0.6 is 0 Å². The van der Waals surface area contributed by atoms with Crippen molar-refractivity contribution in [3.63, 3.8) is 0 Å². The van der Waals surface area contributed by atoms with E-state index in [-0.39, 0.29) is 17.4 Å². The molecule has 0 bridgehead atoms. The number of esters is 2. The number of Topliss-reactive ketones (excluding diaryl/α,β-unsaturated/α-hetero) is 1. The molecule has 5 rings (SSSR count). The van der Waals surface area contributed by atoms with Crippen LogP contribution in [0.3, 0.4) is 0 Å². The first kappa shape index (κ1) is 21.6. The second-order valence-corrected chi connectivity index (χ2v) is 8.88. The Bertz CT molecular complexity index is 1150. The second kappa shape index (κ2) is 8.27. The minimum Gasteiger partial charge on any atom is -0.467 e. The molecule has 2 fully saturated rings. The molecule has 2 aromatic carbocycles. The van der Waals surface area contributed by atoms with Crippen LogP contribution in [0.1, 0.15) is 53.6 Å². The van der Waals surface area contributed by atoms with Crippen LogP contribution in [0.5, 0.6) is 0 Å². The lowest BCUT2D eigenvalue weighted by Crippen LogP contribution is -2.41. The van der Waals surface area contributed by atoms with E-state index in [9.17, 15) is 14.4 Å². The molecule has 1 saturated heterocycles. The van der Waals surface area contributed by atoms with Gasteiger partial charge in [-0.3, -0.25) is 9.69 Å². The molecule has 0 amide bonds. The van der Waals surface area contributed by atoms with Crippen molar-refractivity contribution in [2.45, 2.75) is 49.7 Å². The van der Waals surface area contributed by atoms with Crippen molar-refractivity contribution >= 4 is 23.3 Å². The number of benzene rings is 2. The van der Waals surface area contributed by atoms with Gasteiger partial charge in [0.05, 0.1) is 19.8 Å². The van der Waals surface area contributed by atoms with Gasteiger partial charge in [0.1, 0.15) is 6.04 Å². The third kappa shape index (κ3) is 3.08. The van der Waals surface area contributed by atoms with Gasteiger partial charge in [-0.05, 0) is 24.0 Å². The molecule has 1 saturated carbocycles. The largest absolute Gasteiger partial charge is 0.467 e. The molecule has 33 heavy (non-hydrogen) atoms. The van der Waals surface area contributed by atoms with E-state index in [4.69, 9.17) is 9.47 Å². The highest BCUT2D eigenvalue weighted by molar-refractivity contribution is 6.22. The van der Waals surface area contributed by atoms with Crippen LogP contribution in [0.4, 0.5) is 0 Å². The number of carbonyl (C=O) groups is 3. The van der Waals surface area contributed by atoms with Crippen LogP contribution in [-0.4, -0.2) is 54.5 Å². The quantitative estimate of drug-likeness (QED) is 0.527. The summed E-state index contributed by atoms with van der Waals surface area (Å²) in [5.74, 6) is -1.37. The standard InChI is InChI=1S/C27H27NO5/c1-32-25(30)22-21(17-11-5-3-6-12-17)19-15-9-10-16-20(19)23(29)24-27(22,26(31)33-2)28(24)18-13-7-4-8-14-18/h3,5-6,9-12,15-16,18,24H,4,7-8,13-14H2,1-2H3. The Balaban J connectivity index is 1.86. The van der Waals surface area contributed by atoms with Crippen molar-refractivity contribution < 1.29 is 23.9 Å². The summed E-state index contributed by atoms with van der Waals surface area (Å²) in [6, 6.07) is 15.9. The van der Waals surface area contributed by atoms with Crippen molar-refractivity contribution in [1.82, 2.24) is 4.90 Å². The maximum Gasteiger partial charge on any atom is 0.336 e. The second-order valence-electron chi connectivity index (χ2n) is 8.88. The van der Waals surface area contributed by atoms with E-state index >= 15 is 0 Å². The molecule has 3 unspecified atom stereocenters. The normalized spacial score (nSPS) is 26.7. The van der Waals surface area contributed by atoms with E-state index in [1.54, 1.807) is 6.07 Å². The van der Waals surface area contributed by atoms with Gasteiger partial charge in [-0.1, -0.05) is 73.9 Å². The number of nitrogens with zero attached hydrogens (tertiary/aromatic N) is 1. The predicted molar refractivity (Wildman–Crippen MR) is 122 cm³/mol. The zero-order valence-electron chi connectivity index (χ0n) is 18.9. The maximum absolute atomic E-state index is 14.0. The topological polar surface area (TPSA) is 72.7 Å². The van der Waals surface area contributed by atoms with E-state index in [0.717, 1.165) is 37.7 Å². The Morgan fingerprint density at radius 2 is 1.52 bits per heavy atom. The van der Waals surface area contributed by atoms with Gasteiger partial charge in [-0.15, -0.1) is 0 Å². The average Bonchev–Trinajstić information content (AvgIpc) is 3.58. The van der Waals surface area contributed by atoms with Crippen molar-refractivity contribution in [2.24, 2.45) is 0 Å². The number of methoxy groups -OCH3 is 2. The number of hydrogen-bond donors (Lipinski definition) is 0. The number of hydrogen-bond acceptors (Lipinski definition) is 6. The van der Waals surface area contributed by atoms with Gasteiger partial charge >= 0.3 is 11.9 Å². The molecule has 3 atom stereocenters.